The Morgan fingerprint density at radius 2 is 2.21 bits per heavy atom. The zero-order valence-corrected chi connectivity index (χ0v) is 14.3. The van der Waals surface area contributed by atoms with Crippen molar-refractivity contribution in [3.63, 3.8) is 0 Å². The molecule has 0 aliphatic rings. The van der Waals surface area contributed by atoms with Gasteiger partial charge in [-0.05, 0) is 31.5 Å². The molecular weight excluding hydrogens is 331 g/mol. The molecule has 0 amide bonds. The molecule has 0 saturated carbocycles. The van der Waals surface area contributed by atoms with Crippen molar-refractivity contribution in [1.82, 2.24) is 10.3 Å². The third-order valence-electron chi connectivity index (χ3n) is 3.82. The van der Waals surface area contributed by atoms with Gasteiger partial charge in [0.05, 0.1) is 17.2 Å². The van der Waals surface area contributed by atoms with Gasteiger partial charge < -0.3 is 10.4 Å². The number of nitrogens with one attached hydrogen (secondary N) is 1. The van der Waals surface area contributed by atoms with E-state index in [2.05, 4.69) is 10.3 Å². The summed E-state index contributed by atoms with van der Waals surface area (Å²) in [5, 5.41) is 12.4. The van der Waals surface area contributed by atoms with Gasteiger partial charge in [0.2, 0.25) is 0 Å². The third kappa shape index (κ3) is 3.98. The number of rotatable bonds is 7. The van der Waals surface area contributed by atoms with Crippen LogP contribution in [0.15, 0.2) is 36.7 Å². The van der Waals surface area contributed by atoms with Crippen molar-refractivity contribution >= 4 is 17.4 Å². The van der Waals surface area contributed by atoms with E-state index in [9.17, 15) is 9.90 Å². The van der Waals surface area contributed by atoms with E-state index in [0.717, 1.165) is 0 Å². The van der Waals surface area contributed by atoms with Crippen molar-refractivity contribution in [3.8, 4) is 0 Å². The second kappa shape index (κ2) is 8.33. The highest BCUT2D eigenvalue weighted by atomic mass is 35.5. The van der Waals surface area contributed by atoms with Crippen LogP contribution in [0.3, 0.4) is 0 Å². The highest BCUT2D eigenvalue weighted by Crippen LogP contribution is 2.29. The van der Waals surface area contributed by atoms with Crippen molar-refractivity contribution in [1.29, 1.82) is 0 Å². The molecule has 0 radical (unpaired) electrons. The van der Waals surface area contributed by atoms with Gasteiger partial charge in [0, 0.05) is 38.5 Å². The molecule has 1 aromatic carbocycles. The first-order chi connectivity index (χ1) is 11.5. The van der Waals surface area contributed by atoms with E-state index >= 15 is 4.39 Å². The Bertz CT molecular complexity index is 720. The van der Waals surface area contributed by atoms with Crippen LogP contribution in [-0.4, -0.2) is 28.5 Å². The Labute approximate surface area is 148 Å². The van der Waals surface area contributed by atoms with Crippen LogP contribution < -0.4 is 5.32 Å². The monoisotopic (exact) mass is 354 g/mol. The number of carbonyl (C=O) groups excluding carboxylic acids is 1. The Morgan fingerprint density at radius 3 is 2.79 bits per heavy atom. The minimum absolute atomic E-state index is 0. The van der Waals surface area contributed by atoms with E-state index in [1.807, 2.05) is 6.92 Å². The molecule has 2 aromatic rings. The average Bonchev–Trinajstić information content (AvgIpc) is 2.60. The predicted molar refractivity (Wildman–Crippen MR) is 96.0 cm³/mol. The van der Waals surface area contributed by atoms with Crippen LogP contribution in [-0.2, 0) is 0 Å². The van der Waals surface area contributed by atoms with Crippen LogP contribution in [0.2, 0.25) is 5.02 Å². The number of hydrogen-bond acceptors (Lipinski definition) is 4. The maximum absolute atomic E-state index is 15.0. The van der Waals surface area contributed by atoms with Gasteiger partial charge in [-0.15, -0.1) is 0 Å². The topological polar surface area (TPSA) is 62.2 Å². The van der Waals surface area contributed by atoms with E-state index in [1.165, 1.54) is 12.3 Å². The number of aliphatic hydroxyl groups is 1. The van der Waals surface area contributed by atoms with Gasteiger partial charge in [-0.3, -0.25) is 9.78 Å². The quantitative estimate of drug-likeness (QED) is 0.737. The Hall–Kier alpha value is -1.82. The molecule has 0 bridgehead atoms. The number of hydrogen-bond donors (Lipinski definition) is 2. The maximum Gasteiger partial charge on any atom is 0.199 e. The lowest BCUT2D eigenvalue weighted by Crippen LogP contribution is -2.33. The summed E-state index contributed by atoms with van der Waals surface area (Å²) in [6.45, 7) is 3.64. The maximum atomic E-state index is 15.0. The Kier molecular flexibility index (Phi) is 6.43. The van der Waals surface area contributed by atoms with Crippen molar-refractivity contribution in [2.75, 3.05) is 6.61 Å². The summed E-state index contributed by atoms with van der Waals surface area (Å²) in [5.74, 6) is -1.14. The Morgan fingerprint density at radius 1 is 1.46 bits per heavy atom. The first kappa shape index (κ1) is 18.5. The first-order valence-corrected chi connectivity index (χ1v) is 8.16. The largest absolute Gasteiger partial charge is 0.395 e. The Balaban J connectivity index is 0.00000312. The van der Waals surface area contributed by atoms with Crippen molar-refractivity contribution in [2.45, 2.75) is 32.4 Å². The lowest BCUT2D eigenvalue weighted by Gasteiger charge is -2.23. The van der Waals surface area contributed by atoms with Crippen molar-refractivity contribution < 1.29 is 17.1 Å². The number of nitrogens with zero attached hydrogens (tertiary/aromatic N) is 1. The van der Waals surface area contributed by atoms with E-state index in [-0.39, 0.29) is 37.7 Å². The van der Waals surface area contributed by atoms with Crippen LogP contribution in [0.4, 0.5) is 4.39 Å². The fraction of sp³-hybridized carbons (Fsp3) is 0.333. The second-order valence-electron chi connectivity index (χ2n) is 5.61. The summed E-state index contributed by atoms with van der Waals surface area (Å²) in [4.78, 5) is 16.5. The number of ketones is 1. The number of pyridine rings is 1. The van der Waals surface area contributed by atoms with Crippen molar-refractivity contribution in [3.05, 3.63) is 64.2 Å². The summed E-state index contributed by atoms with van der Waals surface area (Å²) < 4.78 is 15.0. The normalized spacial score (nSPS) is 13.5. The molecule has 0 saturated heterocycles. The number of aromatic nitrogens is 1. The van der Waals surface area contributed by atoms with E-state index in [1.54, 1.807) is 31.3 Å². The van der Waals surface area contributed by atoms with Crippen LogP contribution in [0.25, 0.3) is 0 Å². The van der Waals surface area contributed by atoms with Crippen LogP contribution in [0.5, 0.6) is 0 Å². The van der Waals surface area contributed by atoms with E-state index in [0.29, 0.717) is 12.0 Å². The van der Waals surface area contributed by atoms with Crippen LogP contribution in [0, 0.1) is 5.82 Å². The van der Waals surface area contributed by atoms with Gasteiger partial charge in [-0.25, -0.2) is 4.39 Å². The van der Waals surface area contributed by atoms with Gasteiger partial charge in [-0.2, -0.15) is 0 Å². The van der Waals surface area contributed by atoms with E-state index < -0.39 is 11.6 Å². The molecule has 4 nitrogen and oxygen atoms in total. The fourth-order valence-electron chi connectivity index (χ4n) is 2.51. The first-order valence-electron chi connectivity index (χ1n) is 7.79. The standard InChI is InChI=1S/C18H20ClFN2O2.2H2/c1-3-15(22-11(2)10-23)13-6-7-14(19)16(17(13)20)18(24)12-5-4-8-21-9-12;;/h4-9,11,15,22-23H,3,10H2,1-2H3;2*1H/t11-,15+;;/m0../s1. The number of halogens is 2. The molecule has 0 spiro atoms. The summed E-state index contributed by atoms with van der Waals surface area (Å²) in [6.07, 6.45) is 3.52. The molecule has 6 heteroatoms. The SMILES string of the molecule is CC[C@@H](N[C@@H](C)CO)c1ccc(Cl)c(C(=O)c2cccnc2)c1F.[HH].[HH]. The molecule has 24 heavy (non-hydrogen) atoms. The molecule has 1 aromatic heterocycles. The molecule has 2 atom stereocenters. The molecular formula is C18H24ClFN2O2. The van der Waals surface area contributed by atoms with Crippen LogP contribution >= 0.6 is 11.6 Å². The summed E-state index contributed by atoms with van der Waals surface area (Å²) in [7, 11) is 0. The molecule has 0 unspecified atom stereocenters. The zero-order valence-electron chi connectivity index (χ0n) is 13.6. The summed E-state index contributed by atoms with van der Waals surface area (Å²) >= 11 is 6.09. The highest BCUT2D eigenvalue weighted by Gasteiger charge is 2.24. The minimum Gasteiger partial charge on any atom is -0.395 e. The second-order valence-corrected chi connectivity index (χ2v) is 6.01. The smallest absolute Gasteiger partial charge is 0.199 e. The van der Waals surface area contributed by atoms with E-state index in [4.69, 9.17) is 11.6 Å². The molecule has 2 rings (SSSR count). The van der Waals surface area contributed by atoms with Crippen molar-refractivity contribution in [2.24, 2.45) is 0 Å². The van der Waals surface area contributed by atoms with Gasteiger partial charge >= 0.3 is 0 Å². The van der Waals surface area contributed by atoms with Gasteiger partial charge in [-0.1, -0.05) is 24.6 Å². The lowest BCUT2D eigenvalue weighted by molar-refractivity contribution is 0.103. The van der Waals surface area contributed by atoms with Gasteiger partial charge in [0.1, 0.15) is 5.82 Å². The number of benzene rings is 1. The highest BCUT2D eigenvalue weighted by molar-refractivity contribution is 6.35. The molecule has 0 aliphatic heterocycles. The molecule has 0 aliphatic carbocycles. The average molecular weight is 355 g/mol. The molecule has 132 valence electrons. The summed E-state index contributed by atoms with van der Waals surface area (Å²) in [5.41, 5.74) is 0.480. The molecule has 0 fully saturated rings. The number of carbonyl (C=O) groups is 1. The van der Waals surface area contributed by atoms with Gasteiger partial charge in [0.25, 0.3) is 0 Å². The third-order valence-corrected chi connectivity index (χ3v) is 4.13. The summed E-state index contributed by atoms with van der Waals surface area (Å²) in [6, 6.07) is 5.76. The number of aliphatic hydroxyl groups excluding tert-OH is 1. The molecule has 2 N–H and O–H groups in total. The van der Waals surface area contributed by atoms with Gasteiger partial charge in [0.15, 0.2) is 5.78 Å². The molecule has 1 heterocycles. The lowest BCUT2D eigenvalue weighted by atomic mass is 9.96. The predicted octanol–water partition coefficient (Wildman–Crippen LogP) is 4.02. The fourth-order valence-corrected chi connectivity index (χ4v) is 2.74. The van der Waals surface area contributed by atoms with Crippen LogP contribution in [0.1, 0.15) is 50.6 Å². The minimum atomic E-state index is -0.638. The zero-order chi connectivity index (χ0) is 17.7.